The minimum absolute atomic E-state index is 0.335. The Bertz CT molecular complexity index is 762. The Balaban J connectivity index is 2.09. The van der Waals surface area contributed by atoms with E-state index in [0.717, 1.165) is 16.5 Å². The van der Waals surface area contributed by atoms with Crippen LogP contribution in [0.1, 0.15) is 5.56 Å². The van der Waals surface area contributed by atoms with Crippen molar-refractivity contribution in [3.8, 4) is 11.5 Å². The van der Waals surface area contributed by atoms with Crippen LogP contribution in [0.25, 0.3) is 10.9 Å². The van der Waals surface area contributed by atoms with E-state index in [-0.39, 0.29) is 0 Å². The first-order valence-electron chi connectivity index (χ1n) is 5.99. The molecule has 0 aliphatic rings. The monoisotopic (exact) mass is 304 g/mol. The molecule has 3 aromatic rings. The maximum Gasteiger partial charge on any atom is 0.153 e. The van der Waals surface area contributed by atoms with Crippen LogP contribution >= 0.6 is 23.2 Å². The van der Waals surface area contributed by atoms with Crippen molar-refractivity contribution in [2.24, 2.45) is 0 Å². The van der Waals surface area contributed by atoms with Crippen molar-refractivity contribution >= 4 is 34.1 Å². The molecular weight excluding hydrogens is 295 g/mol. The van der Waals surface area contributed by atoms with E-state index in [1.165, 1.54) is 0 Å². The molecule has 0 radical (unpaired) electrons. The Morgan fingerprint density at radius 1 is 1.05 bits per heavy atom. The Labute approximate surface area is 126 Å². The van der Waals surface area contributed by atoms with Crippen molar-refractivity contribution < 1.29 is 4.74 Å². The average molecular weight is 305 g/mol. The summed E-state index contributed by atoms with van der Waals surface area (Å²) in [5, 5.41) is 1.50. The second-order valence-corrected chi connectivity index (χ2v) is 4.84. The van der Waals surface area contributed by atoms with Gasteiger partial charge in [0, 0.05) is 29.5 Å². The minimum atomic E-state index is 0.335. The van der Waals surface area contributed by atoms with Gasteiger partial charge in [-0.3, -0.25) is 9.97 Å². The molecule has 0 fully saturated rings. The number of hydrogen-bond acceptors (Lipinski definition) is 3. The summed E-state index contributed by atoms with van der Waals surface area (Å²) in [7, 11) is 0. The molecule has 0 aliphatic carbocycles. The van der Waals surface area contributed by atoms with Gasteiger partial charge in [0.1, 0.15) is 11.3 Å². The van der Waals surface area contributed by atoms with Gasteiger partial charge < -0.3 is 4.74 Å². The molecule has 3 rings (SSSR count). The van der Waals surface area contributed by atoms with Crippen molar-refractivity contribution in [1.82, 2.24) is 9.97 Å². The lowest BCUT2D eigenvalue weighted by Gasteiger charge is -2.11. The fourth-order valence-electron chi connectivity index (χ4n) is 1.93. The van der Waals surface area contributed by atoms with Crippen LogP contribution in [-0.4, -0.2) is 9.97 Å². The zero-order valence-electron chi connectivity index (χ0n) is 10.4. The van der Waals surface area contributed by atoms with Gasteiger partial charge in [0.25, 0.3) is 0 Å². The molecule has 5 heteroatoms. The van der Waals surface area contributed by atoms with E-state index < -0.39 is 0 Å². The second-order valence-electron chi connectivity index (χ2n) is 4.16. The van der Waals surface area contributed by atoms with Gasteiger partial charge in [0.15, 0.2) is 5.75 Å². The van der Waals surface area contributed by atoms with E-state index in [1.807, 2.05) is 12.1 Å². The first kappa shape index (κ1) is 13.2. The fourth-order valence-corrected chi connectivity index (χ4v) is 2.34. The molecule has 0 saturated heterocycles. The number of benzene rings is 1. The van der Waals surface area contributed by atoms with Gasteiger partial charge in [0.2, 0.25) is 0 Å². The Hall–Kier alpha value is -1.84. The highest BCUT2D eigenvalue weighted by Crippen LogP contribution is 2.33. The Morgan fingerprint density at radius 2 is 1.95 bits per heavy atom. The molecule has 0 bridgehead atoms. The lowest BCUT2D eigenvalue weighted by Crippen LogP contribution is -1.92. The molecule has 3 nitrogen and oxygen atoms in total. The SMILES string of the molecule is ClCc1cnccc1Oc1ccc(Cl)c2cccnc12. The van der Waals surface area contributed by atoms with E-state index >= 15 is 0 Å². The summed E-state index contributed by atoms with van der Waals surface area (Å²) in [5.41, 5.74) is 1.55. The van der Waals surface area contributed by atoms with Gasteiger partial charge in [-0.1, -0.05) is 11.6 Å². The maximum atomic E-state index is 6.16. The zero-order chi connectivity index (χ0) is 13.9. The quantitative estimate of drug-likeness (QED) is 0.651. The lowest BCUT2D eigenvalue weighted by atomic mass is 10.2. The van der Waals surface area contributed by atoms with Crippen molar-refractivity contribution in [1.29, 1.82) is 0 Å². The van der Waals surface area contributed by atoms with Crippen molar-refractivity contribution in [3.63, 3.8) is 0 Å². The van der Waals surface area contributed by atoms with Gasteiger partial charge in [-0.05, 0) is 30.3 Å². The van der Waals surface area contributed by atoms with E-state index in [2.05, 4.69) is 9.97 Å². The van der Waals surface area contributed by atoms with Crippen LogP contribution in [0.5, 0.6) is 11.5 Å². The number of pyridine rings is 2. The van der Waals surface area contributed by atoms with Crippen LogP contribution in [-0.2, 0) is 5.88 Å². The fraction of sp³-hybridized carbons (Fsp3) is 0.0667. The number of aromatic nitrogens is 2. The molecule has 0 unspecified atom stereocenters. The topological polar surface area (TPSA) is 35.0 Å². The predicted molar refractivity (Wildman–Crippen MR) is 80.6 cm³/mol. The van der Waals surface area contributed by atoms with Crippen LogP contribution in [0.2, 0.25) is 5.02 Å². The predicted octanol–water partition coefficient (Wildman–Crippen LogP) is 4.81. The highest BCUT2D eigenvalue weighted by atomic mass is 35.5. The highest BCUT2D eigenvalue weighted by molar-refractivity contribution is 6.35. The number of ether oxygens (including phenoxy) is 1. The van der Waals surface area contributed by atoms with Crippen molar-refractivity contribution in [2.75, 3.05) is 0 Å². The summed E-state index contributed by atoms with van der Waals surface area (Å²) in [6.45, 7) is 0. The zero-order valence-corrected chi connectivity index (χ0v) is 11.9. The smallest absolute Gasteiger partial charge is 0.153 e. The van der Waals surface area contributed by atoms with Crippen LogP contribution in [0.15, 0.2) is 48.9 Å². The summed E-state index contributed by atoms with van der Waals surface area (Å²) in [6.07, 6.45) is 5.06. The third-order valence-corrected chi connectivity index (χ3v) is 3.52. The molecule has 0 spiro atoms. The minimum Gasteiger partial charge on any atom is -0.455 e. The largest absolute Gasteiger partial charge is 0.455 e. The molecule has 2 aromatic heterocycles. The van der Waals surface area contributed by atoms with E-state index in [4.69, 9.17) is 27.9 Å². The maximum absolute atomic E-state index is 6.16. The molecule has 20 heavy (non-hydrogen) atoms. The summed E-state index contributed by atoms with van der Waals surface area (Å²) in [6, 6.07) is 9.13. The molecule has 0 saturated carbocycles. The number of hydrogen-bond donors (Lipinski definition) is 0. The van der Waals surface area contributed by atoms with Gasteiger partial charge in [-0.15, -0.1) is 11.6 Å². The van der Waals surface area contributed by atoms with Gasteiger partial charge in [0.05, 0.1) is 10.9 Å². The lowest BCUT2D eigenvalue weighted by molar-refractivity contribution is 0.482. The first-order valence-corrected chi connectivity index (χ1v) is 6.91. The third-order valence-electron chi connectivity index (χ3n) is 2.90. The summed E-state index contributed by atoms with van der Waals surface area (Å²) in [4.78, 5) is 8.37. The van der Waals surface area contributed by atoms with Crippen molar-refractivity contribution in [2.45, 2.75) is 5.88 Å². The first-order chi connectivity index (χ1) is 9.79. The summed E-state index contributed by atoms with van der Waals surface area (Å²) >= 11 is 12.0. The third kappa shape index (κ3) is 2.42. The summed E-state index contributed by atoms with van der Waals surface area (Å²) < 4.78 is 5.92. The second kappa shape index (κ2) is 5.65. The van der Waals surface area contributed by atoms with Crippen LogP contribution in [0.3, 0.4) is 0 Å². The number of nitrogens with zero attached hydrogens (tertiary/aromatic N) is 2. The standard InChI is InChI=1S/C15H10Cl2N2O/c16-8-10-9-18-7-5-13(10)20-14-4-3-12(17)11-2-1-6-19-15(11)14/h1-7,9H,8H2. The van der Waals surface area contributed by atoms with E-state index in [9.17, 15) is 0 Å². The molecule has 0 aliphatic heterocycles. The van der Waals surface area contributed by atoms with Crippen LogP contribution < -0.4 is 4.74 Å². The molecule has 0 N–H and O–H groups in total. The van der Waals surface area contributed by atoms with Crippen molar-refractivity contribution in [3.05, 3.63) is 59.5 Å². The molecule has 2 heterocycles. The molecular formula is C15H10Cl2N2O. The number of fused-ring (bicyclic) bond motifs is 1. The van der Waals surface area contributed by atoms with E-state index in [0.29, 0.717) is 22.4 Å². The van der Waals surface area contributed by atoms with Crippen LogP contribution in [0, 0.1) is 0 Å². The molecule has 0 atom stereocenters. The van der Waals surface area contributed by atoms with Gasteiger partial charge in [-0.2, -0.15) is 0 Å². The summed E-state index contributed by atoms with van der Waals surface area (Å²) in [5.74, 6) is 1.65. The Morgan fingerprint density at radius 3 is 2.80 bits per heavy atom. The molecule has 1 aromatic carbocycles. The number of rotatable bonds is 3. The number of alkyl halides is 1. The Kier molecular flexibility index (Phi) is 3.72. The highest BCUT2D eigenvalue weighted by Gasteiger charge is 2.10. The van der Waals surface area contributed by atoms with E-state index in [1.54, 1.807) is 36.8 Å². The van der Waals surface area contributed by atoms with Gasteiger partial charge >= 0.3 is 0 Å². The molecule has 100 valence electrons. The average Bonchev–Trinajstić information content (AvgIpc) is 2.51. The van der Waals surface area contributed by atoms with Gasteiger partial charge in [-0.25, -0.2) is 0 Å². The van der Waals surface area contributed by atoms with Crippen LogP contribution in [0.4, 0.5) is 0 Å². The number of halogens is 2. The normalized spacial score (nSPS) is 10.7. The molecule has 0 amide bonds.